The van der Waals surface area contributed by atoms with Gasteiger partial charge in [-0.3, -0.25) is 0 Å². The van der Waals surface area contributed by atoms with Crippen LogP contribution in [0.25, 0.3) is 0 Å². The molecule has 0 radical (unpaired) electrons. The van der Waals surface area contributed by atoms with Gasteiger partial charge in [-0.25, -0.2) is 4.39 Å². The molecule has 1 rings (SSSR count). The first kappa shape index (κ1) is 14.8. The average Bonchev–Trinajstić information content (AvgIpc) is 2.24. The van der Waals surface area contributed by atoms with Gasteiger partial charge < -0.3 is 10.6 Å². The van der Waals surface area contributed by atoms with Crippen molar-refractivity contribution in [3.63, 3.8) is 0 Å². The van der Waals surface area contributed by atoms with Gasteiger partial charge in [-0.2, -0.15) is 13.2 Å². The minimum Gasteiger partial charge on any atom is -0.374 e. The smallest absolute Gasteiger partial charge is 0.374 e. The van der Waals surface area contributed by atoms with Crippen molar-refractivity contribution >= 4 is 5.69 Å². The third kappa shape index (κ3) is 4.18. The quantitative estimate of drug-likeness (QED) is 0.846. The Kier molecular flexibility index (Phi) is 4.56. The second-order valence-corrected chi connectivity index (χ2v) is 4.28. The molecule has 0 saturated heterocycles. The van der Waals surface area contributed by atoms with Gasteiger partial charge in [-0.1, -0.05) is 0 Å². The molecule has 1 atom stereocenters. The average molecular weight is 264 g/mol. The highest BCUT2D eigenvalue weighted by Crippen LogP contribution is 2.27. The topological polar surface area (TPSA) is 29.3 Å². The number of nitrogens with zero attached hydrogens (tertiary/aromatic N) is 1. The summed E-state index contributed by atoms with van der Waals surface area (Å²) >= 11 is 0. The zero-order valence-electron chi connectivity index (χ0n) is 10.3. The molecule has 0 aliphatic carbocycles. The summed E-state index contributed by atoms with van der Waals surface area (Å²) in [4.78, 5) is 1.44. The monoisotopic (exact) mass is 264 g/mol. The second kappa shape index (κ2) is 5.56. The Balaban J connectivity index is 2.88. The van der Waals surface area contributed by atoms with Gasteiger partial charge >= 0.3 is 6.18 Å². The first-order valence-electron chi connectivity index (χ1n) is 5.53. The maximum atomic E-state index is 13.1. The van der Waals surface area contributed by atoms with E-state index in [1.165, 1.54) is 30.1 Å². The van der Waals surface area contributed by atoms with Crippen molar-refractivity contribution in [1.29, 1.82) is 0 Å². The summed E-state index contributed by atoms with van der Waals surface area (Å²) in [6, 6.07) is 3.48. The molecule has 18 heavy (non-hydrogen) atoms. The Morgan fingerprint density at radius 2 is 1.94 bits per heavy atom. The summed E-state index contributed by atoms with van der Waals surface area (Å²) < 4.78 is 49.5. The van der Waals surface area contributed by atoms with Crippen LogP contribution in [0.4, 0.5) is 23.2 Å². The number of hydrogen-bond acceptors (Lipinski definition) is 2. The second-order valence-electron chi connectivity index (χ2n) is 4.28. The molecule has 0 aromatic heterocycles. The van der Waals surface area contributed by atoms with E-state index in [0.717, 1.165) is 0 Å². The molecule has 1 aromatic rings. The molecule has 1 aromatic carbocycles. The van der Waals surface area contributed by atoms with E-state index >= 15 is 0 Å². The molecule has 2 N–H and O–H groups in total. The predicted molar refractivity (Wildman–Crippen MR) is 62.9 cm³/mol. The molecule has 0 amide bonds. The van der Waals surface area contributed by atoms with Crippen LogP contribution in [0.15, 0.2) is 18.2 Å². The Morgan fingerprint density at radius 3 is 2.44 bits per heavy atom. The summed E-state index contributed by atoms with van der Waals surface area (Å²) in [5, 5.41) is 0. The number of hydrogen-bond donors (Lipinski definition) is 1. The maximum Gasteiger partial charge on any atom is 0.390 e. The summed E-state index contributed by atoms with van der Waals surface area (Å²) in [6.45, 7) is 1.48. The van der Waals surface area contributed by atoms with E-state index in [1.807, 2.05) is 0 Å². The fraction of sp³-hybridized carbons (Fsp3) is 0.500. The van der Waals surface area contributed by atoms with E-state index in [2.05, 4.69) is 0 Å². The molecule has 0 fully saturated rings. The van der Waals surface area contributed by atoms with E-state index < -0.39 is 24.5 Å². The molecule has 0 aliphatic heterocycles. The van der Waals surface area contributed by atoms with Crippen LogP contribution in [0, 0.1) is 5.82 Å². The first-order chi connectivity index (χ1) is 8.20. The van der Waals surface area contributed by atoms with Gasteiger partial charge in [-0.05, 0) is 30.7 Å². The van der Waals surface area contributed by atoms with Gasteiger partial charge in [0.25, 0.3) is 0 Å². The number of halogens is 4. The lowest BCUT2D eigenvalue weighted by Gasteiger charge is -2.24. The molecule has 6 heteroatoms. The van der Waals surface area contributed by atoms with Gasteiger partial charge in [0.2, 0.25) is 0 Å². The molecular weight excluding hydrogens is 248 g/mol. The molecule has 0 saturated carbocycles. The highest BCUT2D eigenvalue weighted by atomic mass is 19.4. The van der Waals surface area contributed by atoms with E-state index in [-0.39, 0.29) is 6.54 Å². The lowest BCUT2D eigenvalue weighted by molar-refractivity contribution is -0.132. The molecule has 0 aliphatic rings. The third-order valence-electron chi connectivity index (χ3n) is 2.62. The van der Waals surface area contributed by atoms with Crippen LogP contribution in [0.2, 0.25) is 0 Å². The van der Waals surface area contributed by atoms with E-state index in [0.29, 0.717) is 11.3 Å². The van der Waals surface area contributed by atoms with Crippen LogP contribution in [0.3, 0.4) is 0 Å². The molecular formula is C12H16F4N2. The van der Waals surface area contributed by atoms with Crippen molar-refractivity contribution in [2.75, 3.05) is 18.5 Å². The zero-order valence-corrected chi connectivity index (χ0v) is 10.3. The Morgan fingerprint density at radius 1 is 1.33 bits per heavy atom. The zero-order chi connectivity index (χ0) is 13.9. The van der Waals surface area contributed by atoms with Crippen molar-refractivity contribution in [3.05, 3.63) is 29.6 Å². The van der Waals surface area contributed by atoms with Gasteiger partial charge in [0.15, 0.2) is 0 Å². The van der Waals surface area contributed by atoms with Gasteiger partial charge in [0.05, 0.1) is 6.42 Å². The minimum absolute atomic E-state index is 0.186. The van der Waals surface area contributed by atoms with Crippen molar-refractivity contribution in [2.24, 2.45) is 5.73 Å². The number of rotatable bonds is 4. The lowest BCUT2D eigenvalue weighted by atomic mass is 10.1. The number of anilines is 1. The highest BCUT2D eigenvalue weighted by molar-refractivity contribution is 5.54. The molecule has 0 spiro atoms. The third-order valence-corrected chi connectivity index (χ3v) is 2.62. The normalized spacial score (nSPS) is 13.5. The number of alkyl halides is 3. The van der Waals surface area contributed by atoms with Gasteiger partial charge in [0.1, 0.15) is 5.82 Å². The van der Waals surface area contributed by atoms with Crippen LogP contribution in [0.1, 0.15) is 24.9 Å². The molecule has 2 nitrogen and oxygen atoms in total. The molecule has 102 valence electrons. The standard InChI is InChI=1S/C12H16F4N2/c1-8(17)10-7-9(13)3-4-11(10)18(2)6-5-12(14,15)16/h3-4,7-8H,5-6,17H2,1-2H3. The van der Waals surface area contributed by atoms with Crippen LogP contribution >= 0.6 is 0 Å². The summed E-state index contributed by atoms with van der Waals surface area (Å²) in [5.41, 5.74) is 6.71. The largest absolute Gasteiger partial charge is 0.390 e. The Labute approximate surface area is 103 Å². The predicted octanol–water partition coefficient (Wildman–Crippen LogP) is 3.23. The molecule has 0 heterocycles. The van der Waals surface area contributed by atoms with Crippen LogP contribution in [-0.4, -0.2) is 19.8 Å². The minimum atomic E-state index is -4.21. The summed E-state index contributed by atoms with van der Waals surface area (Å²) in [7, 11) is 1.53. The fourth-order valence-electron chi connectivity index (χ4n) is 1.65. The lowest BCUT2D eigenvalue weighted by Crippen LogP contribution is -2.26. The van der Waals surface area contributed by atoms with Crippen LogP contribution in [-0.2, 0) is 0 Å². The summed E-state index contributed by atoms with van der Waals surface area (Å²) in [6.07, 6.45) is -5.12. The van der Waals surface area contributed by atoms with Crippen LogP contribution < -0.4 is 10.6 Å². The van der Waals surface area contributed by atoms with E-state index in [4.69, 9.17) is 5.73 Å². The SMILES string of the molecule is CC(N)c1cc(F)ccc1N(C)CCC(F)(F)F. The summed E-state index contributed by atoms with van der Waals surface area (Å²) in [5.74, 6) is -0.449. The number of benzene rings is 1. The van der Waals surface area contributed by atoms with Crippen molar-refractivity contribution in [2.45, 2.75) is 25.6 Å². The number of nitrogens with two attached hydrogens (primary N) is 1. The van der Waals surface area contributed by atoms with Gasteiger partial charge in [-0.15, -0.1) is 0 Å². The molecule has 1 unspecified atom stereocenters. The Hall–Kier alpha value is -1.30. The van der Waals surface area contributed by atoms with Crippen molar-refractivity contribution in [3.8, 4) is 0 Å². The van der Waals surface area contributed by atoms with Crippen LogP contribution in [0.5, 0.6) is 0 Å². The molecule has 0 bridgehead atoms. The van der Waals surface area contributed by atoms with Crippen molar-refractivity contribution < 1.29 is 17.6 Å². The van der Waals surface area contributed by atoms with Gasteiger partial charge in [0, 0.05) is 25.3 Å². The highest BCUT2D eigenvalue weighted by Gasteiger charge is 2.27. The maximum absolute atomic E-state index is 13.1. The first-order valence-corrected chi connectivity index (χ1v) is 5.53. The Bertz CT molecular complexity index is 402. The fourth-order valence-corrected chi connectivity index (χ4v) is 1.65. The van der Waals surface area contributed by atoms with Crippen molar-refractivity contribution in [1.82, 2.24) is 0 Å². The van der Waals surface area contributed by atoms with E-state index in [1.54, 1.807) is 6.92 Å². The van der Waals surface area contributed by atoms with E-state index in [9.17, 15) is 17.6 Å².